The second-order valence-corrected chi connectivity index (χ2v) is 6.91. The van der Waals surface area contributed by atoms with E-state index >= 15 is 0 Å². The molecule has 1 aromatic heterocycles. The van der Waals surface area contributed by atoms with Gasteiger partial charge in [-0.25, -0.2) is 9.66 Å². The highest BCUT2D eigenvalue weighted by molar-refractivity contribution is 6.25. The van der Waals surface area contributed by atoms with Gasteiger partial charge in [-0.15, -0.1) is 0 Å². The van der Waals surface area contributed by atoms with Crippen LogP contribution in [0.15, 0.2) is 16.6 Å². The maximum Gasteiger partial charge on any atom is 0.283 e. The molecule has 8 nitrogen and oxygen atoms in total. The van der Waals surface area contributed by atoms with Crippen LogP contribution in [0.2, 0.25) is 0 Å². The summed E-state index contributed by atoms with van der Waals surface area (Å²) in [5, 5.41) is 12.4. The predicted molar refractivity (Wildman–Crippen MR) is 92.7 cm³/mol. The molecule has 0 amide bonds. The summed E-state index contributed by atoms with van der Waals surface area (Å²) in [7, 11) is 0. The molecule has 0 aromatic carbocycles. The Kier molecular flexibility index (Phi) is 4.36. The molecule has 1 aromatic rings. The number of aliphatic hydroxyl groups is 1. The third-order valence-electron chi connectivity index (χ3n) is 5.04. The molecule has 4 rings (SSSR count). The molecular formula is C18H21N3O5. The molecule has 2 heterocycles. The quantitative estimate of drug-likeness (QED) is 0.481. The van der Waals surface area contributed by atoms with E-state index in [1.54, 1.807) is 0 Å². The summed E-state index contributed by atoms with van der Waals surface area (Å²) in [5.41, 5.74) is -0.803. The number of rotatable bonds is 3. The van der Waals surface area contributed by atoms with E-state index < -0.39 is 22.9 Å². The van der Waals surface area contributed by atoms with Crippen molar-refractivity contribution in [3.63, 3.8) is 0 Å². The van der Waals surface area contributed by atoms with Gasteiger partial charge in [0.05, 0.1) is 26.3 Å². The average Bonchev–Trinajstić information content (AvgIpc) is 3.47. The first-order chi connectivity index (χ1) is 12.6. The van der Waals surface area contributed by atoms with Crippen LogP contribution in [-0.4, -0.2) is 52.6 Å². The Morgan fingerprint density at radius 3 is 2.38 bits per heavy atom. The lowest BCUT2D eigenvalue weighted by Crippen LogP contribution is -2.51. The Bertz CT molecular complexity index is 829. The normalized spacial score (nSPS) is 21.2. The minimum absolute atomic E-state index is 0.0977. The summed E-state index contributed by atoms with van der Waals surface area (Å²) in [6.07, 6.45) is 4.13. The monoisotopic (exact) mass is 359 g/mol. The van der Waals surface area contributed by atoms with Crippen LogP contribution in [0, 0.1) is 0 Å². The van der Waals surface area contributed by atoms with Gasteiger partial charge in [0, 0.05) is 25.0 Å². The largest absolute Gasteiger partial charge is 0.506 e. The fraction of sp³-hybridized carbons (Fsp3) is 0.556. The molecule has 2 aliphatic carbocycles. The van der Waals surface area contributed by atoms with Crippen molar-refractivity contribution in [1.82, 2.24) is 9.66 Å². The lowest BCUT2D eigenvalue weighted by Gasteiger charge is -2.31. The van der Waals surface area contributed by atoms with Crippen molar-refractivity contribution in [3.05, 3.63) is 33.5 Å². The highest BCUT2D eigenvalue weighted by Crippen LogP contribution is 2.38. The van der Waals surface area contributed by atoms with Crippen LogP contribution in [0.4, 0.5) is 0 Å². The fourth-order valence-corrected chi connectivity index (χ4v) is 3.48. The molecule has 2 saturated carbocycles. The summed E-state index contributed by atoms with van der Waals surface area (Å²) < 4.78 is 6.86. The maximum absolute atomic E-state index is 13.1. The lowest BCUT2D eigenvalue weighted by atomic mass is 9.90. The molecule has 1 saturated heterocycles. The minimum atomic E-state index is -0.540. The number of hydrogen-bond acceptors (Lipinski definition) is 7. The van der Waals surface area contributed by atoms with Gasteiger partial charge in [0.2, 0.25) is 0 Å². The van der Waals surface area contributed by atoms with Gasteiger partial charge in [0.15, 0.2) is 11.6 Å². The molecule has 0 radical (unpaired) electrons. The topological polar surface area (TPSA) is 102 Å². The Morgan fingerprint density at radius 1 is 1.12 bits per heavy atom. The molecule has 26 heavy (non-hydrogen) atoms. The van der Waals surface area contributed by atoms with Crippen molar-refractivity contribution >= 4 is 17.3 Å². The molecule has 8 heteroatoms. The summed E-state index contributed by atoms with van der Waals surface area (Å²) in [6.45, 7) is 2.09. The zero-order valence-corrected chi connectivity index (χ0v) is 14.4. The van der Waals surface area contributed by atoms with Crippen LogP contribution in [0.25, 0.3) is 5.76 Å². The second-order valence-electron chi connectivity index (χ2n) is 6.91. The van der Waals surface area contributed by atoms with Crippen LogP contribution in [0.5, 0.6) is 0 Å². The van der Waals surface area contributed by atoms with E-state index in [0.717, 1.165) is 12.8 Å². The standard InChI is InChI=1S/C18H21N3O5/c22-13-2-1-3-14(23)15(13)16(24)12-10-19-17(11-4-5-11)21(18(12)25)20-6-8-26-9-7-20/h10-11,24H,1-9H2. The highest BCUT2D eigenvalue weighted by atomic mass is 16.5. The number of carbonyl (C=O) groups excluding carboxylic acids is 2. The van der Waals surface area contributed by atoms with Crippen LogP contribution in [0.1, 0.15) is 49.4 Å². The average molecular weight is 359 g/mol. The predicted octanol–water partition coefficient (Wildman–Crippen LogP) is 0.680. The van der Waals surface area contributed by atoms with E-state index in [-0.39, 0.29) is 29.9 Å². The van der Waals surface area contributed by atoms with Gasteiger partial charge in [-0.2, -0.15) is 0 Å². The first-order valence-electron chi connectivity index (χ1n) is 9.03. The van der Waals surface area contributed by atoms with Crippen molar-refractivity contribution in [2.24, 2.45) is 0 Å². The van der Waals surface area contributed by atoms with Crippen LogP contribution in [-0.2, 0) is 14.3 Å². The van der Waals surface area contributed by atoms with E-state index in [4.69, 9.17) is 4.74 Å². The summed E-state index contributed by atoms with van der Waals surface area (Å²) in [6, 6.07) is 0. The number of ketones is 2. The first kappa shape index (κ1) is 17.0. The summed E-state index contributed by atoms with van der Waals surface area (Å²) >= 11 is 0. The molecule has 0 bridgehead atoms. The highest BCUT2D eigenvalue weighted by Gasteiger charge is 2.33. The molecule has 0 atom stereocenters. The van der Waals surface area contributed by atoms with E-state index in [0.29, 0.717) is 38.5 Å². The SMILES string of the molecule is O=C1CCCC(=O)C1=C(O)c1cnc(C2CC2)n(N2CCOCC2)c1=O. The van der Waals surface area contributed by atoms with Gasteiger partial charge in [-0.05, 0) is 19.3 Å². The first-order valence-corrected chi connectivity index (χ1v) is 9.03. The number of morpholine rings is 1. The summed E-state index contributed by atoms with van der Waals surface area (Å²) in [4.78, 5) is 41.8. The molecule has 3 fully saturated rings. The Morgan fingerprint density at radius 2 is 1.77 bits per heavy atom. The molecule has 1 aliphatic heterocycles. The fourth-order valence-electron chi connectivity index (χ4n) is 3.48. The maximum atomic E-state index is 13.1. The number of aromatic nitrogens is 2. The van der Waals surface area contributed by atoms with Gasteiger partial charge >= 0.3 is 0 Å². The number of allylic oxidation sites excluding steroid dienone is 1. The van der Waals surface area contributed by atoms with Gasteiger partial charge in [0.1, 0.15) is 22.7 Å². The van der Waals surface area contributed by atoms with Crippen molar-refractivity contribution in [1.29, 1.82) is 0 Å². The minimum Gasteiger partial charge on any atom is -0.506 e. The van der Waals surface area contributed by atoms with Gasteiger partial charge in [-0.3, -0.25) is 14.4 Å². The number of nitrogens with zero attached hydrogens (tertiary/aromatic N) is 3. The molecule has 138 valence electrons. The number of hydrogen-bond donors (Lipinski definition) is 1. The van der Waals surface area contributed by atoms with Crippen molar-refractivity contribution in [2.45, 2.75) is 38.0 Å². The van der Waals surface area contributed by atoms with Gasteiger partial charge in [0.25, 0.3) is 5.56 Å². The number of aliphatic hydroxyl groups excluding tert-OH is 1. The molecule has 0 unspecified atom stereocenters. The second kappa shape index (κ2) is 6.68. The number of Topliss-reactive ketones (excluding diaryl/α,β-unsaturated/α-hetero) is 2. The van der Waals surface area contributed by atoms with E-state index in [1.807, 2.05) is 5.01 Å². The Balaban J connectivity index is 1.83. The van der Waals surface area contributed by atoms with Gasteiger partial charge in [-0.1, -0.05) is 0 Å². The van der Waals surface area contributed by atoms with Gasteiger partial charge < -0.3 is 14.9 Å². The lowest BCUT2D eigenvalue weighted by molar-refractivity contribution is -0.123. The summed E-state index contributed by atoms with van der Waals surface area (Å²) in [5.74, 6) is -0.474. The van der Waals surface area contributed by atoms with Crippen molar-refractivity contribution in [2.75, 3.05) is 31.3 Å². The van der Waals surface area contributed by atoms with Crippen molar-refractivity contribution < 1.29 is 19.4 Å². The Labute approximate surface area is 150 Å². The zero-order valence-electron chi connectivity index (χ0n) is 14.4. The third-order valence-corrected chi connectivity index (χ3v) is 5.04. The molecule has 1 N–H and O–H groups in total. The van der Waals surface area contributed by atoms with Crippen LogP contribution >= 0.6 is 0 Å². The number of carbonyl (C=O) groups is 2. The third kappa shape index (κ3) is 2.94. The number of ether oxygens (including phenoxy) is 1. The molecular weight excluding hydrogens is 338 g/mol. The van der Waals surface area contributed by atoms with E-state index in [1.165, 1.54) is 10.9 Å². The van der Waals surface area contributed by atoms with E-state index in [9.17, 15) is 19.5 Å². The van der Waals surface area contributed by atoms with E-state index in [2.05, 4.69) is 4.98 Å². The smallest absolute Gasteiger partial charge is 0.283 e. The Hall–Kier alpha value is -2.48. The van der Waals surface area contributed by atoms with Crippen LogP contribution < -0.4 is 10.6 Å². The molecule has 3 aliphatic rings. The van der Waals surface area contributed by atoms with Crippen LogP contribution in [0.3, 0.4) is 0 Å². The molecule has 0 spiro atoms. The van der Waals surface area contributed by atoms with Crippen molar-refractivity contribution in [3.8, 4) is 0 Å². The zero-order chi connectivity index (χ0) is 18.3.